The van der Waals surface area contributed by atoms with Crippen LogP contribution >= 0.6 is 0 Å². The molecule has 1 atom stereocenters. The van der Waals surface area contributed by atoms with Crippen molar-refractivity contribution in [3.63, 3.8) is 0 Å². The number of aryl methyl sites for hydroxylation is 1. The minimum absolute atomic E-state index is 0.114. The molecule has 224 valence electrons. The summed E-state index contributed by atoms with van der Waals surface area (Å²) >= 11 is 0. The highest BCUT2D eigenvalue weighted by molar-refractivity contribution is 6.06. The van der Waals surface area contributed by atoms with E-state index in [1.807, 2.05) is 0 Å². The Morgan fingerprint density at radius 1 is 1.02 bits per heavy atom. The maximum atomic E-state index is 13.7. The molecule has 0 aliphatic carbocycles. The van der Waals surface area contributed by atoms with Gasteiger partial charge in [0.15, 0.2) is 11.6 Å². The van der Waals surface area contributed by atoms with Gasteiger partial charge in [0.2, 0.25) is 11.8 Å². The summed E-state index contributed by atoms with van der Waals surface area (Å²) in [5.41, 5.74) is 1.97. The van der Waals surface area contributed by atoms with Gasteiger partial charge in [0.05, 0.1) is 25.5 Å². The van der Waals surface area contributed by atoms with Crippen molar-refractivity contribution in [3.8, 4) is 23.0 Å². The van der Waals surface area contributed by atoms with Crippen molar-refractivity contribution in [1.29, 1.82) is 0 Å². The van der Waals surface area contributed by atoms with E-state index in [9.17, 15) is 28.0 Å². The average Bonchev–Trinajstić information content (AvgIpc) is 3.31. The van der Waals surface area contributed by atoms with Crippen LogP contribution in [-0.2, 0) is 27.5 Å². The van der Waals surface area contributed by atoms with Gasteiger partial charge in [-0.1, -0.05) is 12.1 Å². The lowest BCUT2D eigenvalue weighted by atomic mass is 10.0. The highest BCUT2D eigenvalue weighted by atomic mass is 19.2. The minimum Gasteiger partial charge on any atom is -0.495 e. The second kappa shape index (κ2) is 12.0. The molecule has 4 amide bonds. The zero-order valence-corrected chi connectivity index (χ0v) is 23.4. The number of rotatable bonds is 8. The standard InChI is InChI=1S/C30H27F2N3O8/c1-15-10-19(31)20(32)12-23(15)43-18-6-7-21(24(11-18)40-2)33-30(39)42-14-17-5-4-16-13-35(29(38)26(16)27(17)41-3)22-8-9-25(36)34-28(22)37/h4-7,10-12,22H,8-9,13-14H2,1-3H3,(H,33,39)(H,34,36,37). The van der Waals surface area contributed by atoms with E-state index in [0.717, 1.165) is 12.1 Å². The Hall–Kier alpha value is -5.20. The van der Waals surface area contributed by atoms with Gasteiger partial charge >= 0.3 is 6.09 Å². The number of halogens is 2. The average molecular weight is 596 g/mol. The molecule has 3 aromatic rings. The fraction of sp³-hybridized carbons (Fsp3) is 0.267. The molecule has 2 heterocycles. The molecule has 1 unspecified atom stereocenters. The molecule has 0 spiro atoms. The van der Waals surface area contributed by atoms with Crippen LogP contribution in [0, 0.1) is 18.6 Å². The summed E-state index contributed by atoms with van der Waals surface area (Å²) in [5, 5.41) is 4.83. The van der Waals surface area contributed by atoms with E-state index < -0.39 is 35.6 Å². The Kier molecular flexibility index (Phi) is 8.15. The van der Waals surface area contributed by atoms with Crippen molar-refractivity contribution in [2.45, 2.75) is 39.0 Å². The van der Waals surface area contributed by atoms with Crippen LogP contribution in [0.3, 0.4) is 0 Å². The molecular formula is C30H27F2N3O8. The number of ether oxygens (including phenoxy) is 4. The minimum atomic E-state index is -1.05. The molecule has 43 heavy (non-hydrogen) atoms. The van der Waals surface area contributed by atoms with Crippen LogP contribution in [0.5, 0.6) is 23.0 Å². The summed E-state index contributed by atoms with van der Waals surface area (Å²) in [4.78, 5) is 51.3. The van der Waals surface area contributed by atoms with Gasteiger partial charge in [-0.05, 0) is 42.7 Å². The maximum absolute atomic E-state index is 13.7. The van der Waals surface area contributed by atoms with Gasteiger partial charge in [-0.15, -0.1) is 0 Å². The Morgan fingerprint density at radius 2 is 1.79 bits per heavy atom. The zero-order chi connectivity index (χ0) is 30.8. The highest BCUT2D eigenvalue weighted by Gasteiger charge is 2.41. The van der Waals surface area contributed by atoms with E-state index >= 15 is 0 Å². The highest BCUT2D eigenvalue weighted by Crippen LogP contribution is 2.37. The summed E-state index contributed by atoms with van der Waals surface area (Å²) in [7, 11) is 2.76. The Balaban J connectivity index is 1.25. The quantitative estimate of drug-likeness (QED) is 0.362. The molecule has 0 saturated carbocycles. The number of fused-ring (bicyclic) bond motifs is 1. The molecule has 2 N–H and O–H groups in total. The van der Waals surface area contributed by atoms with E-state index in [2.05, 4.69) is 10.6 Å². The summed E-state index contributed by atoms with van der Waals surface area (Å²) < 4.78 is 49.0. The molecular weight excluding hydrogens is 568 g/mol. The number of nitrogens with zero attached hydrogens (tertiary/aromatic N) is 1. The number of anilines is 1. The third kappa shape index (κ3) is 5.92. The monoisotopic (exact) mass is 595 g/mol. The molecule has 2 aliphatic rings. The van der Waals surface area contributed by atoms with Crippen molar-refractivity contribution in [2.75, 3.05) is 19.5 Å². The van der Waals surface area contributed by atoms with Gasteiger partial charge in [0.1, 0.15) is 35.6 Å². The molecule has 1 saturated heterocycles. The molecule has 1 fully saturated rings. The van der Waals surface area contributed by atoms with Crippen LogP contribution < -0.4 is 24.8 Å². The fourth-order valence-corrected chi connectivity index (χ4v) is 5.00. The first-order chi connectivity index (χ1) is 20.6. The number of piperidine rings is 1. The lowest BCUT2D eigenvalue weighted by molar-refractivity contribution is -0.136. The van der Waals surface area contributed by atoms with Gasteiger partial charge in [-0.2, -0.15) is 0 Å². The van der Waals surface area contributed by atoms with Crippen molar-refractivity contribution in [2.24, 2.45) is 0 Å². The van der Waals surface area contributed by atoms with Gasteiger partial charge in [-0.25, -0.2) is 13.6 Å². The molecule has 0 radical (unpaired) electrons. The van der Waals surface area contributed by atoms with Gasteiger partial charge in [-0.3, -0.25) is 25.0 Å². The summed E-state index contributed by atoms with van der Waals surface area (Å²) in [6, 6.07) is 9.00. The Morgan fingerprint density at radius 3 is 2.51 bits per heavy atom. The molecule has 11 nitrogen and oxygen atoms in total. The first-order valence-corrected chi connectivity index (χ1v) is 13.2. The van der Waals surface area contributed by atoms with Crippen LogP contribution in [0.15, 0.2) is 42.5 Å². The van der Waals surface area contributed by atoms with Crippen molar-refractivity contribution in [1.82, 2.24) is 10.2 Å². The topological polar surface area (TPSA) is 132 Å². The number of carbonyl (C=O) groups excluding carboxylic acids is 4. The lowest BCUT2D eigenvalue weighted by Crippen LogP contribution is -2.52. The maximum Gasteiger partial charge on any atom is 0.412 e. The smallest absolute Gasteiger partial charge is 0.412 e. The number of hydrogen-bond donors (Lipinski definition) is 2. The normalized spacial score (nSPS) is 16.0. The van der Waals surface area contributed by atoms with E-state index in [1.54, 1.807) is 19.1 Å². The lowest BCUT2D eigenvalue weighted by Gasteiger charge is -2.29. The number of amides is 4. The summed E-state index contributed by atoms with van der Waals surface area (Å²) in [6.45, 7) is 1.50. The zero-order valence-electron chi connectivity index (χ0n) is 23.4. The molecule has 2 aliphatic heterocycles. The van der Waals surface area contributed by atoms with Crippen LogP contribution in [0.4, 0.5) is 19.3 Å². The van der Waals surface area contributed by atoms with Crippen molar-refractivity contribution < 1.29 is 46.9 Å². The SMILES string of the molecule is COc1cc(Oc2cc(F)c(F)cc2C)ccc1NC(=O)OCc1ccc2c(c1OC)C(=O)N(C1CCC(=O)NC1=O)C2. The molecule has 5 rings (SSSR count). The second-order valence-corrected chi connectivity index (χ2v) is 9.89. The number of nitrogens with one attached hydrogen (secondary N) is 2. The number of imide groups is 1. The van der Waals surface area contributed by atoms with Crippen molar-refractivity contribution in [3.05, 3.63) is 76.4 Å². The third-order valence-corrected chi connectivity index (χ3v) is 7.15. The van der Waals surface area contributed by atoms with Gasteiger partial charge < -0.3 is 23.8 Å². The summed E-state index contributed by atoms with van der Waals surface area (Å²) in [6.07, 6.45) is -0.470. The van der Waals surface area contributed by atoms with E-state index in [0.29, 0.717) is 16.7 Å². The van der Waals surface area contributed by atoms with Crippen LogP contribution in [0.1, 0.15) is 39.9 Å². The fourth-order valence-electron chi connectivity index (χ4n) is 5.00. The van der Waals surface area contributed by atoms with Crippen LogP contribution in [-0.4, -0.2) is 49.0 Å². The summed E-state index contributed by atoms with van der Waals surface area (Å²) in [5.74, 6) is -2.56. The number of benzene rings is 3. The van der Waals surface area contributed by atoms with E-state index in [-0.39, 0.29) is 66.1 Å². The number of hydrogen-bond acceptors (Lipinski definition) is 8. The van der Waals surface area contributed by atoms with Crippen LogP contribution in [0.2, 0.25) is 0 Å². The van der Waals surface area contributed by atoms with E-state index in [1.165, 1.54) is 37.3 Å². The van der Waals surface area contributed by atoms with Crippen LogP contribution in [0.25, 0.3) is 0 Å². The second-order valence-electron chi connectivity index (χ2n) is 9.89. The van der Waals surface area contributed by atoms with Crippen molar-refractivity contribution >= 4 is 29.5 Å². The molecule has 13 heteroatoms. The largest absolute Gasteiger partial charge is 0.495 e. The predicted octanol–water partition coefficient (Wildman–Crippen LogP) is 4.59. The molecule has 0 bridgehead atoms. The number of methoxy groups -OCH3 is 2. The van der Waals surface area contributed by atoms with Gasteiger partial charge in [0.25, 0.3) is 5.91 Å². The number of carbonyl (C=O) groups is 4. The Labute approximate surface area is 244 Å². The molecule has 0 aromatic heterocycles. The third-order valence-electron chi connectivity index (χ3n) is 7.15. The van der Waals surface area contributed by atoms with Gasteiger partial charge in [0, 0.05) is 30.7 Å². The van der Waals surface area contributed by atoms with E-state index in [4.69, 9.17) is 18.9 Å². The predicted molar refractivity (Wildman–Crippen MR) is 147 cm³/mol. The molecule has 3 aromatic carbocycles. The first-order valence-electron chi connectivity index (χ1n) is 13.2. The first kappa shape index (κ1) is 29.3. The Bertz CT molecular complexity index is 1640.